The lowest BCUT2D eigenvalue weighted by Gasteiger charge is -2.11. The highest BCUT2D eigenvalue weighted by Gasteiger charge is 2.34. The average Bonchev–Trinajstić information content (AvgIpc) is 3.17. The van der Waals surface area contributed by atoms with Gasteiger partial charge in [-0.25, -0.2) is 4.79 Å². The summed E-state index contributed by atoms with van der Waals surface area (Å²) >= 11 is 1.24. The van der Waals surface area contributed by atoms with Crippen molar-refractivity contribution in [3.8, 4) is 6.07 Å². The SMILES string of the molecule is N#Cc1c(Cn2ccccc2=O)csc1N1C[C@H](CN=[N+]=[N-])OC1=O. The molecule has 2 aromatic rings. The van der Waals surface area contributed by atoms with E-state index in [9.17, 15) is 14.9 Å². The summed E-state index contributed by atoms with van der Waals surface area (Å²) in [6, 6.07) is 6.93. The van der Waals surface area contributed by atoms with Gasteiger partial charge in [0.2, 0.25) is 0 Å². The summed E-state index contributed by atoms with van der Waals surface area (Å²) in [6.07, 6.45) is 0.512. The minimum absolute atomic E-state index is 0.0399. The van der Waals surface area contributed by atoms with Gasteiger partial charge in [0.25, 0.3) is 5.56 Å². The number of cyclic esters (lactones) is 1. The summed E-state index contributed by atoms with van der Waals surface area (Å²) < 4.78 is 6.63. The van der Waals surface area contributed by atoms with E-state index >= 15 is 0 Å². The summed E-state index contributed by atoms with van der Waals surface area (Å²) in [5.41, 5.74) is 9.18. The summed E-state index contributed by atoms with van der Waals surface area (Å²) in [5.74, 6) is 0. The van der Waals surface area contributed by atoms with Gasteiger partial charge in [-0.15, -0.1) is 11.3 Å². The molecule has 0 radical (unpaired) electrons. The first-order chi connectivity index (χ1) is 12.1. The van der Waals surface area contributed by atoms with Crippen molar-refractivity contribution in [2.45, 2.75) is 12.6 Å². The van der Waals surface area contributed by atoms with Gasteiger partial charge in [-0.2, -0.15) is 5.26 Å². The Morgan fingerprint density at radius 1 is 1.48 bits per heavy atom. The van der Waals surface area contributed by atoms with Crippen LogP contribution in [0.5, 0.6) is 0 Å². The van der Waals surface area contributed by atoms with Crippen LogP contribution in [0.2, 0.25) is 0 Å². The third-order valence-electron chi connectivity index (χ3n) is 3.67. The smallest absolute Gasteiger partial charge is 0.415 e. The van der Waals surface area contributed by atoms with Crippen LogP contribution in [0.1, 0.15) is 11.1 Å². The van der Waals surface area contributed by atoms with Crippen molar-refractivity contribution >= 4 is 22.4 Å². The van der Waals surface area contributed by atoms with Crippen molar-refractivity contribution in [2.75, 3.05) is 18.0 Å². The number of anilines is 1. The van der Waals surface area contributed by atoms with Crippen LogP contribution in [0.25, 0.3) is 10.4 Å². The molecule has 3 heterocycles. The molecule has 25 heavy (non-hydrogen) atoms. The number of aromatic nitrogens is 1. The van der Waals surface area contributed by atoms with Gasteiger partial charge < -0.3 is 9.30 Å². The van der Waals surface area contributed by atoms with Crippen molar-refractivity contribution in [2.24, 2.45) is 5.11 Å². The van der Waals surface area contributed by atoms with Gasteiger partial charge in [0, 0.05) is 22.7 Å². The molecule has 2 aromatic heterocycles. The van der Waals surface area contributed by atoms with Crippen LogP contribution in [-0.4, -0.2) is 29.9 Å². The van der Waals surface area contributed by atoms with Crippen LogP contribution >= 0.6 is 11.3 Å². The number of pyridine rings is 1. The van der Waals surface area contributed by atoms with Gasteiger partial charge in [-0.05, 0) is 17.0 Å². The zero-order chi connectivity index (χ0) is 17.8. The summed E-state index contributed by atoms with van der Waals surface area (Å²) in [7, 11) is 0. The van der Waals surface area contributed by atoms with E-state index in [1.54, 1.807) is 23.7 Å². The Bertz CT molecular complexity index is 953. The Balaban J connectivity index is 1.87. The van der Waals surface area contributed by atoms with Gasteiger partial charge in [-0.3, -0.25) is 9.69 Å². The van der Waals surface area contributed by atoms with E-state index in [4.69, 9.17) is 10.3 Å². The van der Waals surface area contributed by atoms with Gasteiger partial charge in [0.1, 0.15) is 17.2 Å². The Morgan fingerprint density at radius 3 is 3.04 bits per heavy atom. The maximum atomic E-state index is 12.0. The summed E-state index contributed by atoms with van der Waals surface area (Å²) in [4.78, 5) is 27.9. The normalized spacial score (nSPS) is 16.2. The van der Waals surface area contributed by atoms with Gasteiger partial charge in [0.05, 0.1) is 25.2 Å². The zero-order valence-corrected chi connectivity index (χ0v) is 13.7. The van der Waals surface area contributed by atoms with Crippen LogP contribution < -0.4 is 10.5 Å². The Hall–Kier alpha value is -3.28. The lowest BCUT2D eigenvalue weighted by atomic mass is 10.2. The molecule has 0 N–H and O–H groups in total. The van der Waals surface area contributed by atoms with Crippen LogP contribution in [-0.2, 0) is 11.3 Å². The average molecular weight is 356 g/mol. The molecular weight excluding hydrogens is 344 g/mol. The third-order valence-corrected chi connectivity index (χ3v) is 4.72. The number of amides is 1. The van der Waals surface area contributed by atoms with Gasteiger partial charge in [0.15, 0.2) is 0 Å². The molecule has 126 valence electrons. The van der Waals surface area contributed by atoms with E-state index in [1.165, 1.54) is 26.9 Å². The molecule has 9 nitrogen and oxygen atoms in total. The second kappa shape index (κ2) is 7.09. The van der Waals surface area contributed by atoms with Crippen LogP contribution in [0, 0.1) is 11.3 Å². The van der Waals surface area contributed by atoms with Crippen molar-refractivity contribution < 1.29 is 9.53 Å². The first-order valence-electron chi connectivity index (χ1n) is 7.29. The molecule has 0 saturated carbocycles. The van der Waals surface area contributed by atoms with Crippen molar-refractivity contribution in [1.29, 1.82) is 5.26 Å². The molecule has 1 atom stereocenters. The molecular formula is C15H12N6O3S. The fourth-order valence-electron chi connectivity index (χ4n) is 2.50. The molecule has 0 bridgehead atoms. The Morgan fingerprint density at radius 2 is 2.32 bits per heavy atom. The predicted molar refractivity (Wildman–Crippen MR) is 90.5 cm³/mol. The molecule has 1 saturated heterocycles. The Kier molecular flexibility index (Phi) is 4.70. The van der Waals surface area contributed by atoms with Crippen molar-refractivity contribution in [3.63, 3.8) is 0 Å². The number of carbonyl (C=O) groups excluding carboxylic acids is 1. The van der Waals surface area contributed by atoms with Crippen molar-refractivity contribution in [1.82, 2.24) is 4.57 Å². The zero-order valence-electron chi connectivity index (χ0n) is 12.9. The minimum atomic E-state index is -0.583. The summed E-state index contributed by atoms with van der Waals surface area (Å²) in [6.45, 7) is 0.486. The van der Waals surface area contributed by atoms with Gasteiger partial charge in [-0.1, -0.05) is 11.2 Å². The minimum Gasteiger partial charge on any atom is -0.444 e. The number of hydrogen-bond acceptors (Lipinski definition) is 6. The number of nitrogens with zero attached hydrogens (tertiary/aromatic N) is 6. The fourth-order valence-corrected chi connectivity index (χ4v) is 3.52. The molecule has 1 aliphatic heterocycles. The fraction of sp³-hybridized carbons (Fsp3) is 0.267. The van der Waals surface area contributed by atoms with E-state index in [1.807, 2.05) is 0 Å². The second-order valence-corrected chi connectivity index (χ2v) is 6.11. The van der Waals surface area contributed by atoms with Crippen LogP contribution in [0.4, 0.5) is 9.80 Å². The van der Waals surface area contributed by atoms with E-state index in [0.29, 0.717) is 16.1 Å². The third kappa shape index (κ3) is 3.33. The molecule has 1 amide bonds. The molecule has 0 spiro atoms. The van der Waals surface area contributed by atoms with E-state index in [0.717, 1.165) is 0 Å². The van der Waals surface area contributed by atoms with Gasteiger partial charge >= 0.3 is 6.09 Å². The number of azide groups is 1. The number of rotatable bonds is 5. The lowest BCUT2D eigenvalue weighted by molar-refractivity contribution is 0.145. The highest BCUT2D eigenvalue weighted by Crippen LogP contribution is 2.34. The molecule has 0 aromatic carbocycles. The lowest BCUT2D eigenvalue weighted by Crippen LogP contribution is -2.25. The number of carbonyl (C=O) groups is 1. The molecule has 10 heteroatoms. The second-order valence-electron chi connectivity index (χ2n) is 5.25. The standard InChI is InChI=1S/C15H12N6O3S/c16-5-12-10(7-20-4-2-1-3-13(20)22)9-25-14(12)21-8-11(6-18-19-17)24-15(21)23/h1-4,9,11H,6-8H2/t11-/m0/s1. The topological polar surface area (TPSA) is 124 Å². The van der Waals surface area contributed by atoms with E-state index < -0.39 is 12.2 Å². The van der Waals surface area contributed by atoms with Crippen LogP contribution in [0.3, 0.4) is 0 Å². The van der Waals surface area contributed by atoms with E-state index in [-0.39, 0.29) is 25.2 Å². The monoisotopic (exact) mass is 356 g/mol. The number of hydrogen-bond donors (Lipinski definition) is 0. The highest BCUT2D eigenvalue weighted by atomic mass is 32.1. The highest BCUT2D eigenvalue weighted by molar-refractivity contribution is 7.14. The van der Waals surface area contributed by atoms with Crippen molar-refractivity contribution in [3.05, 3.63) is 61.7 Å². The molecule has 0 unspecified atom stereocenters. The van der Waals surface area contributed by atoms with Crippen LogP contribution in [0.15, 0.2) is 39.7 Å². The maximum absolute atomic E-state index is 12.0. The maximum Gasteiger partial charge on any atom is 0.415 e. The molecule has 1 aliphatic rings. The molecule has 0 aliphatic carbocycles. The predicted octanol–water partition coefficient (Wildman–Crippen LogP) is 2.47. The number of nitriles is 1. The molecule has 3 rings (SSSR count). The quantitative estimate of drug-likeness (QED) is 0.463. The number of ether oxygens (including phenoxy) is 1. The number of thiophene rings is 1. The molecule has 1 fully saturated rings. The largest absolute Gasteiger partial charge is 0.444 e. The van der Waals surface area contributed by atoms with E-state index in [2.05, 4.69) is 16.1 Å². The Labute approximate surface area is 145 Å². The first-order valence-corrected chi connectivity index (χ1v) is 8.17. The first kappa shape index (κ1) is 16.6. The summed E-state index contributed by atoms with van der Waals surface area (Å²) in [5, 5.41) is 15.1.